The Bertz CT molecular complexity index is 701. The zero-order valence-corrected chi connectivity index (χ0v) is 12.9. The molecule has 0 aliphatic carbocycles. The Balaban J connectivity index is 1.78. The monoisotopic (exact) mass is 326 g/mol. The van der Waals surface area contributed by atoms with E-state index in [2.05, 4.69) is 19.9 Å². The molecule has 0 saturated carbocycles. The van der Waals surface area contributed by atoms with Crippen LogP contribution in [0.1, 0.15) is 16.8 Å². The minimum Gasteiger partial charge on any atom is -0.333 e. The first-order valence-electron chi connectivity index (χ1n) is 6.22. The highest BCUT2D eigenvalue weighted by atomic mass is 35.5. The van der Waals surface area contributed by atoms with Gasteiger partial charge >= 0.3 is 0 Å². The third-order valence-electron chi connectivity index (χ3n) is 3.35. The summed E-state index contributed by atoms with van der Waals surface area (Å²) < 4.78 is 0.525. The molecule has 104 valence electrons. The second kappa shape index (κ2) is 5.77. The zero-order chi connectivity index (χ0) is 14.1. The molecule has 3 heterocycles. The normalized spacial score (nSPS) is 15.1. The molecule has 0 amide bonds. The molecule has 0 spiro atoms. The third kappa shape index (κ3) is 3.01. The average Bonchev–Trinajstić information content (AvgIpc) is 2.41. The fourth-order valence-electron chi connectivity index (χ4n) is 2.33. The Labute approximate surface area is 131 Å². The van der Waals surface area contributed by atoms with Crippen LogP contribution in [0.25, 0.3) is 0 Å². The van der Waals surface area contributed by atoms with E-state index in [4.69, 9.17) is 35.4 Å². The molecular weight excluding hydrogens is 315 g/mol. The van der Waals surface area contributed by atoms with Crippen LogP contribution in [0.5, 0.6) is 0 Å². The van der Waals surface area contributed by atoms with E-state index < -0.39 is 0 Å². The van der Waals surface area contributed by atoms with Crippen molar-refractivity contribution in [2.45, 2.75) is 19.5 Å². The van der Waals surface area contributed by atoms with Gasteiger partial charge in [-0.2, -0.15) is 0 Å². The Morgan fingerprint density at radius 2 is 2.20 bits per heavy atom. The van der Waals surface area contributed by atoms with Crippen molar-refractivity contribution in [2.24, 2.45) is 0 Å². The maximum absolute atomic E-state index is 6.12. The molecule has 0 aromatic carbocycles. The number of nitrogens with one attached hydrogen (secondary N) is 1. The number of H-pyrrole nitrogens is 1. The lowest BCUT2D eigenvalue weighted by Gasteiger charge is -2.28. The topological polar surface area (TPSA) is 44.8 Å². The van der Waals surface area contributed by atoms with Crippen molar-refractivity contribution in [1.82, 2.24) is 19.9 Å². The summed E-state index contributed by atoms with van der Waals surface area (Å²) in [7, 11) is 0. The number of aromatic amines is 1. The summed E-state index contributed by atoms with van der Waals surface area (Å²) in [6.07, 6.45) is 2.81. The molecule has 1 aliphatic rings. The summed E-state index contributed by atoms with van der Waals surface area (Å²) in [5.74, 6) is 0. The molecule has 0 saturated heterocycles. The summed E-state index contributed by atoms with van der Waals surface area (Å²) >= 11 is 17.0. The number of rotatable bonds is 2. The van der Waals surface area contributed by atoms with E-state index in [1.165, 1.54) is 5.56 Å². The highest BCUT2D eigenvalue weighted by molar-refractivity contribution is 7.71. The van der Waals surface area contributed by atoms with Crippen molar-refractivity contribution in [1.29, 1.82) is 0 Å². The van der Waals surface area contributed by atoms with E-state index in [9.17, 15) is 0 Å². The number of halogens is 2. The largest absolute Gasteiger partial charge is 0.333 e. The van der Waals surface area contributed by atoms with Gasteiger partial charge < -0.3 is 4.98 Å². The molecule has 0 unspecified atom stereocenters. The van der Waals surface area contributed by atoms with Crippen LogP contribution >= 0.6 is 35.4 Å². The molecule has 20 heavy (non-hydrogen) atoms. The van der Waals surface area contributed by atoms with Crippen LogP contribution in [0, 0.1) is 4.77 Å². The molecule has 3 rings (SSSR count). The highest BCUT2D eigenvalue weighted by Crippen LogP contribution is 2.22. The number of hydrogen-bond acceptors (Lipinski definition) is 4. The Morgan fingerprint density at radius 1 is 1.35 bits per heavy atom. The predicted octanol–water partition coefficient (Wildman–Crippen LogP) is 3.40. The van der Waals surface area contributed by atoms with Gasteiger partial charge in [0.15, 0.2) is 4.77 Å². The minimum absolute atomic E-state index is 0.415. The maximum Gasteiger partial charge on any atom is 0.196 e. The number of nitrogens with zero attached hydrogens (tertiary/aromatic N) is 3. The van der Waals surface area contributed by atoms with Crippen LogP contribution in [-0.2, 0) is 19.5 Å². The van der Waals surface area contributed by atoms with Gasteiger partial charge in [-0.15, -0.1) is 0 Å². The molecule has 0 bridgehead atoms. The van der Waals surface area contributed by atoms with E-state index in [0.29, 0.717) is 15.1 Å². The molecule has 2 aromatic rings. The SMILES string of the molecule is S=c1ncc2c([nH]1)CN(Cc1ccc(Cl)nc1Cl)CC2. The smallest absolute Gasteiger partial charge is 0.196 e. The second-order valence-corrected chi connectivity index (χ2v) is 5.87. The number of pyridine rings is 1. The van der Waals surface area contributed by atoms with Gasteiger partial charge in [-0.1, -0.05) is 29.3 Å². The van der Waals surface area contributed by atoms with E-state index >= 15 is 0 Å². The van der Waals surface area contributed by atoms with Crippen molar-refractivity contribution < 1.29 is 0 Å². The number of hydrogen-bond donors (Lipinski definition) is 1. The molecule has 4 nitrogen and oxygen atoms in total. The van der Waals surface area contributed by atoms with Crippen LogP contribution < -0.4 is 0 Å². The average molecular weight is 327 g/mol. The molecule has 1 aliphatic heterocycles. The van der Waals surface area contributed by atoms with Crippen molar-refractivity contribution in [3.8, 4) is 0 Å². The van der Waals surface area contributed by atoms with E-state index in [1.54, 1.807) is 6.07 Å². The highest BCUT2D eigenvalue weighted by Gasteiger charge is 2.18. The van der Waals surface area contributed by atoms with Gasteiger partial charge in [0.25, 0.3) is 0 Å². The summed E-state index contributed by atoms with van der Waals surface area (Å²) in [4.78, 5) is 13.6. The standard InChI is InChI=1S/C13H12Cl2N4S/c14-11-2-1-9(12(15)18-11)6-19-4-3-8-5-16-13(20)17-10(8)7-19/h1-2,5H,3-4,6-7H2,(H,16,17,20). The summed E-state index contributed by atoms with van der Waals surface area (Å²) in [5, 5.41) is 0.879. The maximum atomic E-state index is 6.12. The fourth-order valence-corrected chi connectivity index (χ4v) is 2.91. The van der Waals surface area contributed by atoms with E-state index in [0.717, 1.165) is 37.3 Å². The van der Waals surface area contributed by atoms with E-state index in [1.807, 2.05) is 12.3 Å². The molecule has 0 atom stereocenters. The lowest BCUT2D eigenvalue weighted by molar-refractivity contribution is 0.240. The molecule has 0 fully saturated rings. The lowest BCUT2D eigenvalue weighted by atomic mass is 10.1. The number of aromatic nitrogens is 3. The van der Waals surface area contributed by atoms with Crippen molar-refractivity contribution in [3.63, 3.8) is 0 Å². The van der Waals surface area contributed by atoms with Crippen LogP contribution in [0.2, 0.25) is 10.3 Å². The fraction of sp³-hybridized carbons (Fsp3) is 0.308. The van der Waals surface area contributed by atoms with Gasteiger partial charge in [-0.3, -0.25) is 4.90 Å². The first-order chi connectivity index (χ1) is 9.61. The quantitative estimate of drug-likeness (QED) is 0.678. The summed E-state index contributed by atoms with van der Waals surface area (Å²) in [6, 6.07) is 3.68. The van der Waals surface area contributed by atoms with Crippen molar-refractivity contribution in [2.75, 3.05) is 6.54 Å². The van der Waals surface area contributed by atoms with E-state index in [-0.39, 0.29) is 0 Å². The lowest BCUT2D eigenvalue weighted by Crippen LogP contribution is -2.31. The first kappa shape index (κ1) is 13.9. The Hall–Kier alpha value is -1.01. The van der Waals surface area contributed by atoms with Crippen LogP contribution in [0.3, 0.4) is 0 Å². The van der Waals surface area contributed by atoms with Crippen LogP contribution in [0.4, 0.5) is 0 Å². The van der Waals surface area contributed by atoms with Gasteiger partial charge in [0.2, 0.25) is 0 Å². The molecule has 1 N–H and O–H groups in total. The van der Waals surface area contributed by atoms with Crippen molar-refractivity contribution >= 4 is 35.4 Å². The Kier molecular flexibility index (Phi) is 4.03. The van der Waals surface area contributed by atoms with Crippen LogP contribution in [0.15, 0.2) is 18.3 Å². The zero-order valence-electron chi connectivity index (χ0n) is 10.6. The second-order valence-electron chi connectivity index (χ2n) is 4.74. The van der Waals surface area contributed by atoms with Gasteiger partial charge in [0.05, 0.1) is 0 Å². The van der Waals surface area contributed by atoms with Gasteiger partial charge in [0.1, 0.15) is 10.3 Å². The minimum atomic E-state index is 0.415. The van der Waals surface area contributed by atoms with Gasteiger partial charge in [0, 0.05) is 37.1 Å². The molecular formula is C13H12Cl2N4S. The van der Waals surface area contributed by atoms with Crippen molar-refractivity contribution in [3.05, 3.63) is 50.2 Å². The molecule has 0 radical (unpaired) electrons. The van der Waals surface area contributed by atoms with Gasteiger partial charge in [-0.05, 0) is 30.3 Å². The summed E-state index contributed by atoms with van der Waals surface area (Å²) in [6.45, 7) is 2.50. The Morgan fingerprint density at radius 3 is 3.00 bits per heavy atom. The number of fused-ring (bicyclic) bond motifs is 1. The first-order valence-corrected chi connectivity index (χ1v) is 7.38. The molecule has 7 heteroatoms. The summed E-state index contributed by atoms with van der Waals surface area (Å²) in [5.41, 5.74) is 3.34. The molecule has 2 aromatic heterocycles. The third-order valence-corrected chi connectivity index (χ3v) is 4.09. The van der Waals surface area contributed by atoms with Gasteiger partial charge in [-0.25, -0.2) is 9.97 Å². The van der Waals surface area contributed by atoms with Crippen LogP contribution in [-0.4, -0.2) is 26.4 Å². The predicted molar refractivity (Wildman–Crippen MR) is 81.5 cm³/mol.